The van der Waals surface area contributed by atoms with Crippen LogP contribution in [0.2, 0.25) is 10.2 Å². The van der Waals surface area contributed by atoms with Crippen molar-refractivity contribution in [2.75, 3.05) is 11.9 Å². The second kappa shape index (κ2) is 12.4. The van der Waals surface area contributed by atoms with E-state index >= 15 is 0 Å². The van der Waals surface area contributed by atoms with Gasteiger partial charge in [0.1, 0.15) is 6.54 Å². The molecule has 0 radical (unpaired) electrons. The fourth-order valence-corrected chi connectivity index (χ4v) is 6.45. The maximum atomic E-state index is 13.9. The molecule has 6 rings (SSSR count). The number of pyridine rings is 1. The van der Waals surface area contributed by atoms with Crippen LogP contribution in [0.25, 0.3) is 16.9 Å². The van der Waals surface area contributed by atoms with Crippen molar-refractivity contribution >= 4 is 46.7 Å². The van der Waals surface area contributed by atoms with Crippen molar-refractivity contribution in [1.29, 1.82) is 0 Å². The number of fused-ring (bicyclic) bond motifs is 4. The fourth-order valence-electron chi connectivity index (χ4n) is 6.14. The van der Waals surface area contributed by atoms with Crippen LogP contribution in [0.5, 0.6) is 0 Å². The van der Waals surface area contributed by atoms with Crippen molar-refractivity contribution in [2.24, 2.45) is 5.92 Å². The number of piperidine rings is 1. The Hall–Kier alpha value is -4.29. The lowest BCUT2D eigenvalue weighted by molar-refractivity contribution is -0.138. The standard InChI is InChI=1S/C30H30Cl2N8O4/c1-17-3-2-4-25(22-11-19(7-9-33-22)29-23(35-30(17)44)14-34-40(29)16-28(42)43)38-10-8-18(12-27(38)41)21-13-20(31)5-6-24(21)39-15-26(32)36-37-39/h5-7,9,11,13-15,17-18,25H,2-4,8,10,12,16H2,1H3,(H,35,44)(H,42,43)/t17-,18?,25+/m1/s1. The predicted molar refractivity (Wildman–Crippen MR) is 163 cm³/mol. The number of likely N-dealkylation sites (tertiary alicyclic amines) is 1. The average Bonchev–Trinajstić information content (AvgIpc) is 3.60. The molecule has 3 atom stereocenters. The van der Waals surface area contributed by atoms with Gasteiger partial charge in [-0.25, -0.2) is 4.68 Å². The quantitative estimate of drug-likeness (QED) is 0.306. The van der Waals surface area contributed by atoms with Crippen molar-refractivity contribution in [3.8, 4) is 16.9 Å². The molecule has 3 aromatic heterocycles. The Morgan fingerprint density at radius 3 is 2.73 bits per heavy atom. The van der Waals surface area contributed by atoms with Crippen LogP contribution in [0, 0.1) is 5.92 Å². The van der Waals surface area contributed by atoms with E-state index in [2.05, 4.69) is 25.7 Å². The highest BCUT2D eigenvalue weighted by Crippen LogP contribution is 2.39. The van der Waals surface area contributed by atoms with Gasteiger partial charge in [-0.05, 0) is 61.1 Å². The second-order valence-electron chi connectivity index (χ2n) is 11.2. The Morgan fingerprint density at radius 1 is 1.14 bits per heavy atom. The van der Waals surface area contributed by atoms with Crippen molar-refractivity contribution in [1.82, 2.24) is 34.7 Å². The van der Waals surface area contributed by atoms with Gasteiger partial charge >= 0.3 is 5.97 Å². The van der Waals surface area contributed by atoms with E-state index in [0.717, 1.165) is 11.3 Å². The van der Waals surface area contributed by atoms with Crippen LogP contribution < -0.4 is 5.32 Å². The first-order valence-corrected chi connectivity index (χ1v) is 15.2. The molecule has 1 aromatic carbocycles. The highest BCUT2D eigenvalue weighted by Gasteiger charge is 2.35. The Labute approximate surface area is 263 Å². The molecule has 2 N–H and O–H groups in total. The maximum absolute atomic E-state index is 13.9. The predicted octanol–water partition coefficient (Wildman–Crippen LogP) is 5.12. The summed E-state index contributed by atoms with van der Waals surface area (Å²) < 4.78 is 2.94. The Morgan fingerprint density at radius 2 is 1.98 bits per heavy atom. The first-order valence-electron chi connectivity index (χ1n) is 14.4. The van der Waals surface area contributed by atoms with E-state index in [1.807, 2.05) is 30.0 Å². The number of carboxylic acids is 1. The third-order valence-corrected chi connectivity index (χ3v) is 8.73. The molecule has 1 saturated heterocycles. The van der Waals surface area contributed by atoms with Crippen LogP contribution in [0.3, 0.4) is 0 Å². The largest absolute Gasteiger partial charge is 0.480 e. The minimum absolute atomic E-state index is 0.0181. The molecule has 44 heavy (non-hydrogen) atoms. The zero-order valence-electron chi connectivity index (χ0n) is 23.9. The molecule has 0 saturated carbocycles. The number of carboxylic acid groups (broad SMARTS) is 1. The molecular formula is C30H30Cl2N8O4. The number of aliphatic carboxylic acids is 1. The van der Waals surface area contributed by atoms with Gasteiger partial charge in [0.2, 0.25) is 11.8 Å². The van der Waals surface area contributed by atoms with Gasteiger partial charge in [0.05, 0.1) is 41.2 Å². The molecular weight excluding hydrogens is 607 g/mol. The van der Waals surface area contributed by atoms with Crippen molar-refractivity contribution in [3.63, 3.8) is 0 Å². The van der Waals surface area contributed by atoms with Crippen molar-refractivity contribution < 1.29 is 19.5 Å². The zero-order chi connectivity index (χ0) is 31.0. The van der Waals surface area contributed by atoms with Crippen LogP contribution in [-0.4, -0.2) is 64.1 Å². The van der Waals surface area contributed by atoms with E-state index in [1.54, 1.807) is 29.2 Å². The van der Waals surface area contributed by atoms with E-state index in [1.165, 1.54) is 10.9 Å². The Kier molecular flexibility index (Phi) is 8.37. The van der Waals surface area contributed by atoms with Gasteiger partial charge in [-0.3, -0.25) is 24.0 Å². The highest BCUT2D eigenvalue weighted by molar-refractivity contribution is 6.30. The minimum Gasteiger partial charge on any atom is -0.480 e. The maximum Gasteiger partial charge on any atom is 0.325 e. The number of nitrogens with one attached hydrogen (secondary N) is 1. The van der Waals surface area contributed by atoms with Crippen LogP contribution in [-0.2, 0) is 20.9 Å². The van der Waals surface area contributed by atoms with Crippen molar-refractivity contribution in [3.05, 3.63) is 70.4 Å². The molecule has 2 aliphatic heterocycles. The summed E-state index contributed by atoms with van der Waals surface area (Å²) in [6.45, 7) is 1.97. The van der Waals surface area contributed by atoms with Gasteiger partial charge < -0.3 is 15.3 Å². The summed E-state index contributed by atoms with van der Waals surface area (Å²) in [6, 6.07) is 8.78. The molecule has 12 nitrogen and oxygen atoms in total. The number of amides is 2. The number of nitrogens with zero attached hydrogens (tertiary/aromatic N) is 7. The number of carbonyl (C=O) groups is 3. The van der Waals surface area contributed by atoms with Crippen molar-refractivity contribution in [2.45, 2.75) is 57.5 Å². The highest BCUT2D eigenvalue weighted by atomic mass is 35.5. The molecule has 0 spiro atoms. The number of aromatic nitrogens is 6. The summed E-state index contributed by atoms with van der Waals surface area (Å²) in [5, 5.41) is 25.5. The number of hydrogen-bond acceptors (Lipinski definition) is 7. The lowest BCUT2D eigenvalue weighted by atomic mass is 9.86. The Bertz CT molecular complexity index is 1740. The molecule has 5 heterocycles. The summed E-state index contributed by atoms with van der Waals surface area (Å²) in [5.41, 5.74) is 3.91. The number of benzene rings is 1. The van der Waals surface area contributed by atoms with E-state index < -0.39 is 5.97 Å². The van der Waals surface area contributed by atoms with E-state index in [4.69, 9.17) is 23.2 Å². The number of carbonyl (C=O) groups excluding carboxylic acids is 2. The normalized spacial score (nSPS) is 20.8. The van der Waals surface area contributed by atoms with E-state index in [0.29, 0.717) is 59.9 Å². The van der Waals surface area contributed by atoms with Gasteiger partial charge in [-0.15, -0.1) is 5.10 Å². The first kappa shape index (κ1) is 29.8. The summed E-state index contributed by atoms with van der Waals surface area (Å²) in [6.07, 6.45) is 7.61. The van der Waals surface area contributed by atoms with Crippen LogP contribution >= 0.6 is 23.2 Å². The molecule has 2 aliphatic rings. The monoisotopic (exact) mass is 636 g/mol. The van der Waals surface area contributed by atoms with Gasteiger partial charge in [0.15, 0.2) is 5.15 Å². The lowest BCUT2D eigenvalue weighted by Crippen LogP contribution is -2.41. The van der Waals surface area contributed by atoms with Crippen LogP contribution in [0.1, 0.15) is 62.2 Å². The molecule has 14 heteroatoms. The topological polar surface area (TPSA) is 148 Å². The number of anilines is 1. The molecule has 4 aromatic rings. The second-order valence-corrected chi connectivity index (χ2v) is 12.1. The lowest BCUT2D eigenvalue weighted by Gasteiger charge is -2.38. The SMILES string of the molecule is C[C@@H]1CCC[C@H](N2CCC(c3cc(Cl)ccc3-n3cc(Cl)nn3)CC2=O)c2cc(ccn2)-c2c(cnn2CC(=O)O)NC1=O. The van der Waals surface area contributed by atoms with Gasteiger partial charge in [-0.1, -0.05) is 41.8 Å². The average molecular weight is 638 g/mol. The molecule has 1 fully saturated rings. The number of hydrogen-bond donors (Lipinski definition) is 2. The zero-order valence-corrected chi connectivity index (χ0v) is 25.4. The summed E-state index contributed by atoms with van der Waals surface area (Å²) in [7, 11) is 0. The smallest absolute Gasteiger partial charge is 0.325 e. The van der Waals surface area contributed by atoms with Gasteiger partial charge in [0, 0.05) is 35.7 Å². The third-order valence-electron chi connectivity index (χ3n) is 8.32. The summed E-state index contributed by atoms with van der Waals surface area (Å²) in [4.78, 5) is 45.1. The molecule has 2 amide bonds. The van der Waals surface area contributed by atoms with Crippen LogP contribution in [0.15, 0.2) is 48.9 Å². The third kappa shape index (κ3) is 6.04. The molecule has 1 unspecified atom stereocenters. The Balaban J connectivity index is 1.33. The minimum atomic E-state index is -1.06. The van der Waals surface area contributed by atoms with Gasteiger partial charge in [0.25, 0.3) is 0 Å². The fraction of sp³-hybridized carbons (Fsp3) is 0.367. The van der Waals surface area contributed by atoms with E-state index in [9.17, 15) is 19.5 Å². The molecule has 2 bridgehead atoms. The van der Waals surface area contributed by atoms with Crippen LogP contribution in [0.4, 0.5) is 5.69 Å². The van der Waals surface area contributed by atoms with E-state index in [-0.39, 0.29) is 47.8 Å². The first-order chi connectivity index (χ1) is 21.2. The number of rotatable bonds is 5. The van der Waals surface area contributed by atoms with Gasteiger partial charge in [-0.2, -0.15) is 5.10 Å². The summed E-state index contributed by atoms with van der Waals surface area (Å²) >= 11 is 12.4. The molecule has 228 valence electrons. The number of halogens is 2. The summed E-state index contributed by atoms with van der Waals surface area (Å²) in [5.74, 6) is -1.65. The molecule has 0 aliphatic carbocycles.